The third-order valence-corrected chi connectivity index (χ3v) is 7.46. The van der Waals surface area contributed by atoms with Crippen LogP contribution in [0.5, 0.6) is 0 Å². The van der Waals surface area contributed by atoms with Crippen LogP contribution in [0.15, 0.2) is 42.5 Å². The van der Waals surface area contributed by atoms with Crippen LogP contribution in [0, 0.1) is 20.8 Å². The minimum Gasteiger partial charge on any atom is -0.155 e. The summed E-state index contributed by atoms with van der Waals surface area (Å²) in [6, 6.07) is 15.3. The maximum atomic E-state index is 6.92. The second-order valence-electron chi connectivity index (χ2n) is 5.25. The maximum Gasteiger partial charge on any atom is 0.214 e. The van der Waals surface area contributed by atoms with Crippen LogP contribution in [0.2, 0.25) is 6.55 Å². The average molecular weight is 275 g/mol. The average Bonchev–Trinajstić information content (AvgIpc) is 2.28. The van der Waals surface area contributed by atoms with Crippen molar-refractivity contribution in [2.75, 3.05) is 0 Å². The number of benzene rings is 2. The summed E-state index contributed by atoms with van der Waals surface area (Å²) in [6.07, 6.45) is 0. The summed E-state index contributed by atoms with van der Waals surface area (Å²) in [7, 11) is -2.07. The Morgan fingerprint density at radius 2 is 1.22 bits per heavy atom. The first-order valence-corrected chi connectivity index (χ1v) is 9.75. The fourth-order valence-corrected chi connectivity index (χ4v) is 5.11. The van der Waals surface area contributed by atoms with Crippen molar-refractivity contribution in [3.8, 4) is 0 Å². The van der Waals surface area contributed by atoms with Crippen molar-refractivity contribution in [2.24, 2.45) is 0 Å². The van der Waals surface area contributed by atoms with Crippen LogP contribution in [-0.2, 0) is 0 Å². The number of rotatable bonds is 2. The Kier molecular flexibility index (Phi) is 3.65. The molecule has 0 amide bonds. The summed E-state index contributed by atoms with van der Waals surface area (Å²) in [5.74, 6) is 0. The van der Waals surface area contributed by atoms with E-state index < -0.39 is 7.38 Å². The van der Waals surface area contributed by atoms with Gasteiger partial charge in [-0.2, -0.15) is 11.1 Å². The van der Waals surface area contributed by atoms with Crippen molar-refractivity contribution in [1.29, 1.82) is 0 Å². The summed E-state index contributed by atoms with van der Waals surface area (Å²) in [5.41, 5.74) is 3.86. The molecule has 2 heteroatoms. The predicted molar refractivity (Wildman–Crippen MR) is 83.8 cm³/mol. The summed E-state index contributed by atoms with van der Waals surface area (Å²) in [4.78, 5) is 0. The molecule has 0 aliphatic heterocycles. The van der Waals surface area contributed by atoms with Crippen LogP contribution in [0.4, 0.5) is 0 Å². The molecule has 0 nitrogen and oxygen atoms in total. The van der Waals surface area contributed by atoms with E-state index in [0.717, 1.165) is 0 Å². The monoisotopic (exact) mass is 274 g/mol. The molecule has 0 spiro atoms. The highest BCUT2D eigenvalue weighted by molar-refractivity contribution is 7.33. The summed E-state index contributed by atoms with van der Waals surface area (Å²) < 4.78 is 0. The highest BCUT2D eigenvalue weighted by Gasteiger charge is 2.29. The minimum absolute atomic E-state index is 1.28. The van der Waals surface area contributed by atoms with Crippen molar-refractivity contribution in [2.45, 2.75) is 27.3 Å². The molecule has 0 aliphatic carbocycles. The molecule has 2 aromatic carbocycles. The highest BCUT2D eigenvalue weighted by Crippen LogP contribution is 2.13. The van der Waals surface area contributed by atoms with Gasteiger partial charge >= 0.3 is 0 Å². The molecular weight excluding hydrogens is 256 g/mol. The van der Waals surface area contributed by atoms with Crippen molar-refractivity contribution in [1.82, 2.24) is 0 Å². The Morgan fingerprint density at radius 1 is 0.722 bits per heavy atom. The van der Waals surface area contributed by atoms with E-state index in [1.165, 1.54) is 27.1 Å². The van der Waals surface area contributed by atoms with Gasteiger partial charge in [0.15, 0.2) is 0 Å². The molecule has 0 aromatic heterocycles. The molecule has 2 rings (SSSR count). The molecule has 0 bridgehead atoms. The SMILES string of the molecule is Cc1ccc([Si](C)(Cl)c2cc(C)cc(C)c2)cc1. The zero-order valence-corrected chi connectivity index (χ0v) is 13.2. The molecule has 0 aliphatic rings. The molecule has 0 radical (unpaired) electrons. The fraction of sp³-hybridized carbons (Fsp3) is 0.250. The van der Waals surface area contributed by atoms with Gasteiger partial charge in [-0.3, -0.25) is 0 Å². The van der Waals surface area contributed by atoms with Crippen LogP contribution in [-0.4, -0.2) is 7.38 Å². The number of halogens is 1. The third kappa shape index (κ3) is 2.68. The first-order valence-electron chi connectivity index (χ1n) is 6.24. The van der Waals surface area contributed by atoms with E-state index in [9.17, 15) is 0 Å². The summed E-state index contributed by atoms with van der Waals surface area (Å²) >= 11 is 6.92. The molecular formula is C16H19ClSi. The van der Waals surface area contributed by atoms with E-state index in [0.29, 0.717) is 0 Å². The molecule has 94 valence electrons. The van der Waals surface area contributed by atoms with Gasteiger partial charge in [-0.25, -0.2) is 0 Å². The van der Waals surface area contributed by atoms with Gasteiger partial charge in [0.1, 0.15) is 0 Å². The molecule has 1 atom stereocenters. The van der Waals surface area contributed by atoms with Crippen molar-refractivity contribution in [3.63, 3.8) is 0 Å². The first kappa shape index (κ1) is 13.4. The molecule has 1 unspecified atom stereocenters. The van der Waals surface area contributed by atoms with Crippen LogP contribution < -0.4 is 10.4 Å². The van der Waals surface area contributed by atoms with Gasteiger partial charge in [0.05, 0.1) is 0 Å². The maximum absolute atomic E-state index is 6.92. The Labute approximate surface area is 115 Å². The lowest BCUT2D eigenvalue weighted by Gasteiger charge is -2.22. The van der Waals surface area contributed by atoms with Gasteiger partial charge in [0, 0.05) is 0 Å². The normalized spacial score (nSPS) is 14.3. The molecule has 0 heterocycles. The van der Waals surface area contributed by atoms with Gasteiger partial charge in [0.2, 0.25) is 7.38 Å². The number of aryl methyl sites for hydroxylation is 3. The number of hydrogen-bond acceptors (Lipinski definition) is 0. The van der Waals surface area contributed by atoms with Gasteiger partial charge in [-0.05, 0) is 37.7 Å². The van der Waals surface area contributed by atoms with E-state index >= 15 is 0 Å². The molecule has 0 N–H and O–H groups in total. The van der Waals surface area contributed by atoms with Crippen LogP contribution in [0.3, 0.4) is 0 Å². The van der Waals surface area contributed by atoms with Gasteiger partial charge in [-0.15, -0.1) is 0 Å². The van der Waals surface area contributed by atoms with Crippen molar-refractivity contribution in [3.05, 3.63) is 59.2 Å². The third-order valence-electron chi connectivity index (χ3n) is 3.36. The molecule has 0 saturated carbocycles. The van der Waals surface area contributed by atoms with E-state index in [2.05, 4.69) is 69.8 Å². The molecule has 0 saturated heterocycles. The topological polar surface area (TPSA) is 0 Å². The van der Waals surface area contributed by atoms with E-state index in [4.69, 9.17) is 11.1 Å². The van der Waals surface area contributed by atoms with Crippen LogP contribution in [0.25, 0.3) is 0 Å². The Bertz CT molecular complexity index is 536. The van der Waals surface area contributed by atoms with Gasteiger partial charge < -0.3 is 0 Å². The lowest BCUT2D eigenvalue weighted by Crippen LogP contribution is -2.50. The predicted octanol–water partition coefficient (Wildman–Crippen LogP) is 3.54. The minimum atomic E-state index is -2.07. The smallest absolute Gasteiger partial charge is 0.155 e. The summed E-state index contributed by atoms with van der Waals surface area (Å²) in [5, 5.41) is 2.57. The lowest BCUT2D eigenvalue weighted by molar-refractivity contribution is 1.40. The Hall–Kier alpha value is -1.05. The zero-order chi connectivity index (χ0) is 13.3. The molecule has 0 fully saturated rings. The van der Waals surface area contributed by atoms with Crippen LogP contribution in [0.1, 0.15) is 16.7 Å². The second-order valence-corrected chi connectivity index (χ2v) is 10.7. The Balaban J connectivity index is 2.49. The zero-order valence-electron chi connectivity index (χ0n) is 11.4. The largest absolute Gasteiger partial charge is 0.214 e. The second kappa shape index (κ2) is 4.91. The molecule has 18 heavy (non-hydrogen) atoms. The van der Waals surface area contributed by atoms with Gasteiger partial charge in [-0.1, -0.05) is 59.2 Å². The fourth-order valence-electron chi connectivity index (χ4n) is 2.28. The molecule has 2 aromatic rings. The standard InChI is InChI=1S/C16H19ClSi/c1-12-5-7-15(8-6-12)18(4,17)16-10-13(2)9-14(3)11-16/h5-11H,1-4H3. The number of hydrogen-bond donors (Lipinski definition) is 0. The quantitative estimate of drug-likeness (QED) is 0.580. The van der Waals surface area contributed by atoms with E-state index in [-0.39, 0.29) is 0 Å². The first-order chi connectivity index (χ1) is 8.39. The van der Waals surface area contributed by atoms with E-state index in [1.807, 2.05) is 0 Å². The Morgan fingerprint density at radius 3 is 1.72 bits per heavy atom. The van der Waals surface area contributed by atoms with Gasteiger partial charge in [0.25, 0.3) is 0 Å². The highest BCUT2D eigenvalue weighted by atomic mass is 35.6. The lowest BCUT2D eigenvalue weighted by atomic mass is 10.2. The summed E-state index contributed by atoms with van der Waals surface area (Å²) in [6.45, 7) is 8.57. The van der Waals surface area contributed by atoms with E-state index in [1.54, 1.807) is 0 Å². The van der Waals surface area contributed by atoms with Crippen molar-refractivity contribution >= 4 is 28.8 Å². The van der Waals surface area contributed by atoms with Crippen LogP contribution >= 0.6 is 11.1 Å². The van der Waals surface area contributed by atoms with Crippen molar-refractivity contribution < 1.29 is 0 Å².